The summed E-state index contributed by atoms with van der Waals surface area (Å²) >= 11 is 0. The monoisotopic (exact) mass is 474 g/mol. The molecule has 0 saturated carbocycles. The van der Waals surface area contributed by atoms with Crippen LogP contribution in [0.1, 0.15) is 35.2 Å². The van der Waals surface area contributed by atoms with Crippen molar-refractivity contribution >= 4 is 27.6 Å². The van der Waals surface area contributed by atoms with Crippen LogP contribution in [0.25, 0.3) is 0 Å². The molecule has 176 valence electrons. The largest absolute Gasteiger partial charge is 0.490 e. The van der Waals surface area contributed by atoms with Gasteiger partial charge in [0, 0.05) is 12.7 Å². The predicted octanol–water partition coefficient (Wildman–Crippen LogP) is 2.65. The van der Waals surface area contributed by atoms with Gasteiger partial charge in [0.25, 0.3) is 15.9 Å². The van der Waals surface area contributed by atoms with Crippen LogP contribution in [0.15, 0.2) is 47.4 Å². The molecule has 3 atom stereocenters. The molecule has 0 aromatic heterocycles. The van der Waals surface area contributed by atoms with Gasteiger partial charge < -0.3 is 19.5 Å². The summed E-state index contributed by atoms with van der Waals surface area (Å²) in [5.41, 5.74) is 1.44. The number of carbonyl (C=O) groups is 2. The summed E-state index contributed by atoms with van der Waals surface area (Å²) in [6, 6.07) is 10.7. The van der Waals surface area contributed by atoms with Crippen LogP contribution in [0, 0.1) is 6.92 Å². The third-order valence-corrected chi connectivity index (χ3v) is 7.39. The van der Waals surface area contributed by atoms with Crippen LogP contribution in [-0.4, -0.2) is 62.2 Å². The number of carbonyl (C=O) groups excluding carboxylic acids is 1. The molecule has 33 heavy (non-hydrogen) atoms. The number of sulfonamides is 1. The minimum absolute atomic E-state index is 0.0953. The summed E-state index contributed by atoms with van der Waals surface area (Å²) < 4.78 is 39.8. The maximum Gasteiger partial charge on any atom is 0.305 e. The van der Waals surface area contributed by atoms with Gasteiger partial charge in [-0.3, -0.25) is 14.3 Å². The number of ether oxygens (including phenoxy) is 2. The molecule has 0 aliphatic carbocycles. The Morgan fingerprint density at radius 2 is 1.91 bits per heavy atom. The Kier molecular flexibility index (Phi) is 6.31. The molecule has 2 aliphatic rings. The first kappa shape index (κ1) is 23.1. The quantitative estimate of drug-likeness (QED) is 0.683. The van der Waals surface area contributed by atoms with Gasteiger partial charge in [-0.05, 0) is 50.1 Å². The zero-order chi connectivity index (χ0) is 23.8. The van der Waals surface area contributed by atoms with Crippen LogP contribution < -0.4 is 9.46 Å². The standard InChI is InChI=1S/C23H26N2O7S/c1-14-3-7-17(8-4-14)33(29,30)24-15-5-10-20-18(11-15)23(28)25(2)19-9-6-16(12-22(26)27)32-21(19)13-31-20/h3-5,7-8,10-11,16,19,21,24H,6,9,12-13H2,1-2H3,(H,26,27)/t16-,19-,21-/m1/s1. The number of anilines is 1. The minimum Gasteiger partial charge on any atom is -0.490 e. The van der Waals surface area contributed by atoms with E-state index in [1.165, 1.54) is 24.3 Å². The second-order valence-corrected chi connectivity index (χ2v) is 10.1. The molecule has 1 amide bonds. The lowest BCUT2D eigenvalue weighted by atomic mass is 9.95. The Labute approximate surface area is 192 Å². The lowest BCUT2D eigenvalue weighted by Crippen LogP contribution is -2.53. The second kappa shape index (κ2) is 9.03. The van der Waals surface area contributed by atoms with E-state index in [-0.39, 0.29) is 41.1 Å². The van der Waals surface area contributed by atoms with E-state index in [0.717, 1.165) is 5.56 Å². The average Bonchev–Trinajstić information content (AvgIpc) is 2.76. The highest BCUT2D eigenvalue weighted by atomic mass is 32.2. The van der Waals surface area contributed by atoms with Gasteiger partial charge in [0.05, 0.1) is 29.0 Å². The molecular formula is C23H26N2O7S. The highest BCUT2D eigenvalue weighted by Crippen LogP contribution is 2.33. The molecule has 2 aromatic rings. The summed E-state index contributed by atoms with van der Waals surface area (Å²) in [7, 11) is -2.16. The fourth-order valence-corrected chi connectivity index (χ4v) is 5.27. The van der Waals surface area contributed by atoms with Crippen molar-refractivity contribution in [1.29, 1.82) is 0 Å². The van der Waals surface area contributed by atoms with Crippen molar-refractivity contribution < 1.29 is 32.6 Å². The summed E-state index contributed by atoms with van der Waals surface area (Å²) in [5, 5.41) is 9.05. The zero-order valence-corrected chi connectivity index (χ0v) is 19.2. The van der Waals surface area contributed by atoms with E-state index in [0.29, 0.717) is 18.6 Å². The van der Waals surface area contributed by atoms with Crippen LogP contribution in [0.2, 0.25) is 0 Å². The fraction of sp³-hybridized carbons (Fsp3) is 0.391. The van der Waals surface area contributed by atoms with Crippen LogP contribution in [0.3, 0.4) is 0 Å². The number of rotatable bonds is 5. The molecule has 2 heterocycles. The van der Waals surface area contributed by atoms with E-state index >= 15 is 0 Å². The van der Waals surface area contributed by atoms with Crippen molar-refractivity contribution in [1.82, 2.24) is 4.90 Å². The Morgan fingerprint density at radius 1 is 1.18 bits per heavy atom. The summed E-state index contributed by atoms with van der Waals surface area (Å²) in [5.74, 6) is -0.940. The lowest BCUT2D eigenvalue weighted by molar-refractivity contribution is -0.148. The Bertz CT molecular complexity index is 1160. The van der Waals surface area contributed by atoms with Gasteiger partial charge in [-0.15, -0.1) is 0 Å². The van der Waals surface area contributed by atoms with E-state index < -0.39 is 28.2 Å². The molecule has 0 bridgehead atoms. The Balaban J connectivity index is 1.57. The highest BCUT2D eigenvalue weighted by Gasteiger charge is 2.39. The number of carboxylic acids is 1. The van der Waals surface area contributed by atoms with Crippen molar-refractivity contribution in [3.05, 3.63) is 53.6 Å². The van der Waals surface area contributed by atoms with Gasteiger partial charge in [0.2, 0.25) is 0 Å². The van der Waals surface area contributed by atoms with Gasteiger partial charge in [-0.25, -0.2) is 8.42 Å². The number of nitrogens with one attached hydrogen (secondary N) is 1. The van der Waals surface area contributed by atoms with Crippen LogP contribution in [-0.2, 0) is 19.6 Å². The van der Waals surface area contributed by atoms with Crippen molar-refractivity contribution in [3.63, 3.8) is 0 Å². The van der Waals surface area contributed by atoms with Gasteiger partial charge in [0.1, 0.15) is 18.5 Å². The molecule has 4 rings (SSSR count). The summed E-state index contributed by atoms with van der Waals surface area (Å²) in [6.07, 6.45) is 0.137. The van der Waals surface area contributed by atoms with Crippen LogP contribution in [0.4, 0.5) is 5.69 Å². The summed E-state index contributed by atoms with van der Waals surface area (Å²) in [4.78, 5) is 26.0. The first-order chi connectivity index (χ1) is 15.6. The molecule has 0 unspecified atom stereocenters. The second-order valence-electron chi connectivity index (χ2n) is 8.40. The third-order valence-electron chi connectivity index (χ3n) is 6.00. The lowest BCUT2D eigenvalue weighted by Gasteiger charge is -2.42. The first-order valence-corrected chi connectivity index (χ1v) is 12.1. The number of hydrogen-bond acceptors (Lipinski definition) is 6. The number of amides is 1. The predicted molar refractivity (Wildman–Crippen MR) is 120 cm³/mol. The normalized spacial score (nSPS) is 22.9. The Morgan fingerprint density at radius 3 is 2.61 bits per heavy atom. The SMILES string of the molecule is Cc1ccc(S(=O)(=O)Nc2ccc3c(c2)C(=O)N(C)[C@@H]2CC[C@H](CC(=O)O)O[C@@H]2CO3)cc1. The van der Waals surface area contributed by atoms with E-state index in [2.05, 4.69) is 4.72 Å². The molecule has 9 nitrogen and oxygen atoms in total. The first-order valence-electron chi connectivity index (χ1n) is 10.6. The molecule has 2 N–H and O–H groups in total. The average molecular weight is 475 g/mol. The van der Waals surface area contributed by atoms with Gasteiger partial charge in [-0.2, -0.15) is 0 Å². The molecule has 10 heteroatoms. The molecule has 0 spiro atoms. The minimum atomic E-state index is -3.82. The molecule has 2 aliphatic heterocycles. The Hall–Kier alpha value is -3.11. The van der Waals surface area contributed by atoms with Crippen molar-refractivity contribution in [3.8, 4) is 5.75 Å². The van der Waals surface area contributed by atoms with Crippen molar-refractivity contribution in [2.45, 2.75) is 49.3 Å². The van der Waals surface area contributed by atoms with Crippen LogP contribution in [0.5, 0.6) is 5.75 Å². The van der Waals surface area contributed by atoms with Gasteiger partial charge in [0.15, 0.2) is 0 Å². The van der Waals surface area contributed by atoms with Gasteiger partial charge in [-0.1, -0.05) is 17.7 Å². The smallest absolute Gasteiger partial charge is 0.305 e. The van der Waals surface area contributed by atoms with Gasteiger partial charge >= 0.3 is 5.97 Å². The third kappa shape index (κ3) is 4.96. The number of hydrogen-bond donors (Lipinski definition) is 2. The molecular weight excluding hydrogens is 448 g/mol. The van der Waals surface area contributed by atoms with Crippen LogP contribution >= 0.6 is 0 Å². The number of nitrogens with zero attached hydrogens (tertiary/aromatic N) is 1. The number of carboxylic acid groups (broad SMARTS) is 1. The van der Waals surface area contributed by atoms with E-state index in [9.17, 15) is 18.0 Å². The summed E-state index contributed by atoms with van der Waals surface area (Å²) in [6.45, 7) is 2.02. The maximum atomic E-state index is 13.2. The molecule has 1 saturated heterocycles. The number of aliphatic carboxylic acids is 1. The van der Waals surface area contributed by atoms with E-state index in [1.54, 1.807) is 30.1 Å². The molecule has 0 radical (unpaired) electrons. The highest BCUT2D eigenvalue weighted by molar-refractivity contribution is 7.92. The number of fused-ring (bicyclic) bond motifs is 2. The maximum absolute atomic E-state index is 13.2. The fourth-order valence-electron chi connectivity index (χ4n) is 4.22. The van der Waals surface area contributed by atoms with Crippen molar-refractivity contribution in [2.24, 2.45) is 0 Å². The van der Waals surface area contributed by atoms with E-state index in [1.807, 2.05) is 6.92 Å². The van der Waals surface area contributed by atoms with Crippen molar-refractivity contribution in [2.75, 3.05) is 18.4 Å². The van der Waals surface area contributed by atoms with E-state index in [4.69, 9.17) is 14.6 Å². The number of benzene rings is 2. The zero-order valence-electron chi connectivity index (χ0n) is 18.4. The number of aryl methyl sites for hydroxylation is 1. The topological polar surface area (TPSA) is 122 Å². The molecule has 2 aromatic carbocycles. The number of likely N-dealkylation sites (N-methyl/N-ethyl adjacent to an activating group) is 1. The molecule has 1 fully saturated rings.